The lowest BCUT2D eigenvalue weighted by molar-refractivity contribution is 0.197. The third-order valence-electron chi connectivity index (χ3n) is 11.5. The summed E-state index contributed by atoms with van der Waals surface area (Å²) in [5, 5.41) is 0. The molecule has 56 heavy (non-hydrogen) atoms. The van der Waals surface area contributed by atoms with Gasteiger partial charge in [0.15, 0.2) is 11.5 Å². The van der Waals surface area contributed by atoms with Crippen LogP contribution in [0.4, 0.5) is 51.2 Å². The minimum absolute atomic E-state index is 0.126. The van der Waals surface area contributed by atoms with Gasteiger partial charge in [0.25, 0.3) is 11.5 Å². The van der Waals surface area contributed by atoms with E-state index in [1.165, 1.54) is 22.3 Å². The fraction of sp³-hybridized carbons (Fsp3) is 0.0588. The van der Waals surface area contributed by atoms with Crippen LogP contribution in [-0.4, -0.2) is 4.74 Å². The Bertz CT molecular complexity index is 2580. The molecular weight excluding hydrogens is 687 g/mol. The topological polar surface area (TPSA) is 31.8 Å². The van der Waals surface area contributed by atoms with Crippen LogP contribution < -0.4 is 19.4 Å². The number of nitrogens with zero attached hydrogens (tertiary/aromatic N) is 3. The van der Waals surface area contributed by atoms with Gasteiger partial charge >= 0.3 is 0 Å². The van der Waals surface area contributed by atoms with Gasteiger partial charge in [-0.05, 0) is 119 Å². The van der Waals surface area contributed by atoms with E-state index in [0.29, 0.717) is 0 Å². The summed E-state index contributed by atoms with van der Waals surface area (Å²) in [7, 11) is 0. The van der Waals surface area contributed by atoms with E-state index in [1.807, 2.05) is 36.4 Å². The third kappa shape index (κ3) is 4.94. The molecule has 0 fully saturated rings. The number of rotatable bonds is 5. The van der Waals surface area contributed by atoms with Crippen LogP contribution in [0, 0.1) is 0 Å². The van der Waals surface area contributed by atoms with Gasteiger partial charge in [0.05, 0.1) is 11.4 Å². The first-order valence-electron chi connectivity index (χ1n) is 19.1. The van der Waals surface area contributed by atoms with Crippen molar-refractivity contribution >= 4 is 51.2 Å². The van der Waals surface area contributed by atoms with Gasteiger partial charge in [0.1, 0.15) is 11.4 Å². The summed E-state index contributed by atoms with van der Waals surface area (Å²) in [6, 6.07) is 66.8. The molecular formula is C51H38N3O2+. The van der Waals surface area contributed by atoms with E-state index >= 15 is 0 Å². The molecule has 5 nitrogen and oxygen atoms in total. The lowest BCUT2D eigenvalue weighted by Gasteiger charge is -2.33. The highest BCUT2D eigenvalue weighted by molar-refractivity contribution is 5.90. The molecule has 268 valence electrons. The molecule has 8 aromatic carbocycles. The van der Waals surface area contributed by atoms with Crippen LogP contribution in [-0.2, 0) is 5.41 Å². The summed E-state index contributed by atoms with van der Waals surface area (Å²) in [5.74, 6) is 3.60. The first-order valence-corrected chi connectivity index (χ1v) is 19.1. The number of hydrogen-bond acceptors (Lipinski definition) is 4. The van der Waals surface area contributed by atoms with Crippen LogP contribution in [0.5, 0.6) is 23.0 Å². The zero-order valence-electron chi connectivity index (χ0n) is 31.1. The normalized spacial score (nSPS) is 13.9. The second-order valence-electron chi connectivity index (χ2n) is 15.1. The molecule has 8 aromatic rings. The molecule has 1 N–H and O–H groups in total. The van der Waals surface area contributed by atoms with Gasteiger partial charge in [-0.25, -0.2) is 0 Å². The Labute approximate surface area is 326 Å². The van der Waals surface area contributed by atoms with Crippen molar-refractivity contribution in [3.8, 4) is 34.1 Å². The van der Waals surface area contributed by atoms with Gasteiger partial charge in [-0.1, -0.05) is 92.7 Å². The van der Waals surface area contributed by atoms with E-state index < -0.39 is 0 Å². The highest BCUT2D eigenvalue weighted by atomic mass is 16.5. The average Bonchev–Trinajstić information content (AvgIpc) is 3.48. The zero-order valence-corrected chi connectivity index (χ0v) is 31.1. The van der Waals surface area contributed by atoms with Crippen molar-refractivity contribution in [1.82, 2.24) is 0 Å². The Balaban J connectivity index is 1.03. The Kier molecular flexibility index (Phi) is 7.13. The number of ether oxygens (including phenoxy) is 2. The van der Waals surface area contributed by atoms with Crippen molar-refractivity contribution in [3.63, 3.8) is 0 Å². The highest BCUT2D eigenvalue weighted by Crippen LogP contribution is 2.54. The first-order chi connectivity index (χ1) is 27.5. The van der Waals surface area contributed by atoms with Crippen LogP contribution in [0.1, 0.15) is 25.0 Å². The van der Waals surface area contributed by atoms with Gasteiger partial charge in [-0.2, -0.15) is 0 Å². The van der Waals surface area contributed by atoms with Crippen LogP contribution in [0.15, 0.2) is 188 Å². The molecule has 0 atom stereocenters. The standard InChI is InChI=1S/C51H37N3O2/c1-51(2)41-14-4-3-13-39(41)40-32-31-38(33-42(40)51)52(34-23-27-36(28-24-34)53-43-15-5-9-19-47(43)55-48-20-10-6-16-44(48)53)35-25-29-37(30-26-35)54-45-17-7-11-21-49(45)56-50-22-12-8-18-46(50)54/h3-33H,1-2H3/p+1. The Morgan fingerprint density at radius 2 is 0.875 bits per heavy atom. The van der Waals surface area contributed by atoms with E-state index in [2.05, 4.69) is 180 Å². The molecule has 11 rings (SSSR count). The Hall–Kier alpha value is -7.24. The van der Waals surface area contributed by atoms with E-state index in [-0.39, 0.29) is 5.41 Å². The number of benzene rings is 8. The Morgan fingerprint density at radius 3 is 1.46 bits per heavy atom. The maximum absolute atomic E-state index is 6.32. The summed E-state index contributed by atoms with van der Waals surface area (Å²) in [5.41, 5.74) is 14.7. The van der Waals surface area contributed by atoms with E-state index in [4.69, 9.17) is 9.47 Å². The maximum Gasteiger partial charge on any atom is 0.285 e. The molecule has 2 heterocycles. The smallest absolute Gasteiger partial charge is 0.285 e. The molecule has 0 aromatic heterocycles. The molecule has 3 aliphatic rings. The zero-order chi connectivity index (χ0) is 37.4. The number of anilines is 9. The van der Waals surface area contributed by atoms with E-state index in [0.717, 1.165) is 74.2 Å². The predicted molar refractivity (Wildman–Crippen MR) is 229 cm³/mol. The lowest BCUT2D eigenvalue weighted by atomic mass is 9.82. The SMILES string of the molecule is CC1(C)c2ccccc2-c2ccc(N(c3ccc(N4c5ccccc5Oc5ccccc54)cc3)c3ccc(N4c5ccccc5[OH+]c5ccccc54)cc3)cc21. The largest absolute Gasteiger partial charge is 0.543 e. The van der Waals surface area contributed by atoms with Crippen LogP contribution in [0.25, 0.3) is 11.1 Å². The van der Waals surface area contributed by atoms with E-state index in [9.17, 15) is 0 Å². The van der Waals surface area contributed by atoms with Crippen LogP contribution >= 0.6 is 0 Å². The number of para-hydroxylation sites is 8. The molecule has 2 aliphatic heterocycles. The molecule has 0 saturated carbocycles. The van der Waals surface area contributed by atoms with Gasteiger partial charge in [0.2, 0.25) is 0 Å². The van der Waals surface area contributed by atoms with Crippen molar-refractivity contribution in [2.75, 3.05) is 14.7 Å². The number of hydrogen-bond donors (Lipinski definition) is 0. The predicted octanol–water partition coefficient (Wildman–Crippen LogP) is 14.5. The summed E-state index contributed by atoms with van der Waals surface area (Å²) in [4.78, 5) is 6.97. The fourth-order valence-electron chi connectivity index (χ4n) is 8.80. The fourth-order valence-corrected chi connectivity index (χ4v) is 8.80. The maximum atomic E-state index is 6.32. The average molecular weight is 725 g/mol. The molecule has 0 amide bonds. The second-order valence-corrected chi connectivity index (χ2v) is 15.1. The van der Waals surface area contributed by atoms with Crippen molar-refractivity contribution in [3.05, 3.63) is 199 Å². The summed E-state index contributed by atoms with van der Waals surface area (Å²) >= 11 is 0. The third-order valence-corrected chi connectivity index (χ3v) is 11.5. The van der Waals surface area contributed by atoms with Gasteiger partial charge in [0, 0.05) is 46.0 Å². The van der Waals surface area contributed by atoms with Gasteiger partial charge < -0.3 is 19.3 Å². The van der Waals surface area contributed by atoms with E-state index in [1.54, 1.807) is 0 Å². The summed E-state index contributed by atoms with van der Waals surface area (Å²) in [6.45, 7) is 4.68. The first kappa shape index (κ1) is 32.2. The van der Waals surface area contributed by atoms with Crippen LogP contribution in [0.2, 0.25) is 0 Å². The van der Waals surface area contributed by atoms with Gasteiger partial charge in [-0.15, -0.1) is 0 Å². The van der Waals surface area contributed by atoms with Crippen molar-refractivity contribution in [2.45, 2.75) is 19.3 Å². The molecule has 0 bridgehead atoms. The van der Waals surface area contributed by atoms with Crippen molar-refractivity contribution in [1.29, 1.82) is 0 Å². The molecule has 5 heteroatoms. The van der Waals surface area contributed by atoms with Crippen LogP contribution in [0.3, 0.4) is 0 Å². The lowest BCUT2D eigenvalue weighted by Crippen LogP contribution is -2.17. The molecule has 1 aliphatic carbocycles. The molecule has 0 radical (unpaired) electrons. The summed E-state index contributed by atoms with van der Waals surface area (Å²) in [6.07, 6.45) is 0. The molecule has 0 saturated heterocycles. The quantitative estimate of drug-likeness (QED) is 0.165. The number of aromatic hydroxyl groups is 2. The highest BCUT2D eigenvalue weighted by Gasteiger charge is 2.36. The summed E-state index contributed by atoms with van der Waals surface area (Å²) < 4.78 is 11.3. The minimum atomic E-state index is -0.126. The number of fused-ring (bicyclic) bond motifs is 7. The minimum Gasteiger partial charge on any atom is -0.543 e. The van der Waals surface area contributed by atoms with Crippen molar-refractivity contribution < 1.29 is 9.47 Å². The molecule has 0 unspecified atom stereocenters. The van der Waals surface area contributed by atoms with Gasteiger partial charge in [-0.3, -0.25) is 4.90 Å². The Morgan fingerprint density at radius 1 is 0.429 bits per heavy atom. The van der Waals surface area contributed by atoms with Crippen molar-refractivity contribution in [2.24, 2.45) is 0 Å². The second kappa shape index (κ2) is 12.4. The monoisotopic (exact) mass is 724 g/mol. The molecule has 0 spiro atoms.